The van der Waals surface area contributed by atoms with Gasteiger partial charge in [-0.05, 0) is 54.7 Å². The number of amides is 2. The fraction of sp³-hybridized carbons (Fsp3) is 0.464. The average Bonchev–Trinajstić information content (AvgIpc) is 3.29. The summed E-state index contributed by atoms with van der Waals surface area (Å²) in [7, 11) is -3.70. The number of carbonyl (C=O) groups is 3. The van der Waals surface area contributed by atoms with Crippen molar-refractivity contribution in [1.29, 1.82) is 0 Å². The summed E-state index contributed by atoms with van der Waals surface area (Å²) < 4.78 is 44.2. The highest BCUT2D eigenvalue weighted by molar-refractivity contribution is 7.89. The normalized spacial score (nSPS) is 26.0. The molecule has 0 spiro atoms. The molecule has 12 nitrogen and oxygen atoms in total. The molecule has 2 fully saturated rings. The highest BCUT2D eigenvalue weighted by Crippen LogP contribution is 2.27. The van der Waals surface area contributed by atoms with Crippen molar-refractivity contribution in [2.24, 2.45) is 0 Å². The van der Waals surface area contributed by atoms with E-state index >= 15 is 0 Å². The molecule has 4 bridgehead atoms. The van der Waals surface area contributed by atoms with Gasteiger partial charge in [-0.3, -0.25) is 9.59 Å². The summed E-state index contributed by atoms with van der Waals surface area (Å²) in [5.41, 5.74) is 1.29. The minimum Gasteiger partial charge on any atom is -0.480 e. The van der Waals surface area contributed by atoms with E-state index in [-0.39, 0.29) is 31.6 Å². The Morgan fingerprint density at radius 3 is 2.20 bits per heavy atom. The molecule has 2 aromatic carbocycles. The Kier molecular flexibility index (Phi) is 8.88. The Labute approximate surface area is 238 Å². The van der Waals surface area contributed by atoms with Crippen LogP contribution in [0.3, 0.4) is 0 Å². The zero-order valence-corrected chi connectivity index (χ0v) is 23.2. The van der Waals surface area contributed by atoms with Gasteiger partial charge in [-0.2, -0.15) is 4.31 Å². The lowest BCUT2D eigenvalue weighted by Gasteiger charge is -2.31. The lowest BCUT2D eigenvalue weighted by Crippen LogP contribution is -2.57. The Hall–Kier alpha value is -3.52. The van der Waals surface area contributed by atoms with Crippen molar-refractivity contribution in [3.05, 3.63) is 59.7 Å². The molecule has 3 N–H and O–H groups in total. The first kappa shape index (κ1) is 29.0. The number of carboxylic acid groups (broad SMARTS) is 1. The van der Waals surface area contributed by atoms with Gasteiger partial charge in [-0.1, -0.05) is 24.3 Å². The third-order valence-electron chi connectivity index (χ3n) is 7.26. The number of ether oxygens (including phenoxy) is 3. The van der Waals surface area contributed by atoms with Gasteiger partial charge in [0.25, 0.3) is 0 Å². The first-order valence-corrected chi connectivity index (χ1v) is 15.2. The quantitative estimate of drug-likeness (QED) is 0.477. The van der Waals surface area contributed by atoms with Crippen LogP contribution in [0.15, 0.2) is 48.5 Å². The van der Waals surface area contributed by atoms with Gasteiger partial charge in [0.15, 0.2) is 6.29 Å². The zero-order valence-electron chi connectivity index (χ0n) is 22.4. The van der Waals surface area contributed by atoms with Crippen molar-refractivity contribution in [3.8, 4) is 11.5 Å². The lowest BCUT2D eigenvalue weighted by molar-refractivity contribution is -0.185. The fourth-order valence-electron chi connectivity index (χ4n) is 5.24. The molecule has 0 saturated carbocycles. The van der Waals surface area contributed by atoms with Crippen LogP contribution in [0.5, 0.6) is 11.5 Å². The third-order valence-corrected chi connectivity index (χ3v) is 9.22. The summed E-state index contributed by atoms with van der Waals surface area (Å²) in [5, 5.41) is 15.1. The van der Waals surface area contributed by atoms with Gasteiger partial charge in [0, 0.05) is 19.4 Å². The number of hydrogen-bond donors (Lipinski definition) is 3. The van der Waals surface area contributed by atoms with Crippen molar-refractivity contribution in [2.75, 3.05) is 25.5 Å². The van der Waals surface area contributed by atoms with E-state index in [1.807, 2.05) is 0 Å². The van der Waals surface area contributed by atoms with Gasteiger partial charge in [-0.25, -0.2) is 13.2 Å². The van der Waals surface area contributed by atoms with Gasteiger partial charge in [0.1, 0.15) is 29.6 Å². The van der Waals surface area contributed by atoms with E-state index in [1.54, 1.807) is 48.5 Å². The summed E-state index contributed by atoms with van der Waals surface area (Å²) in [4.78, 5) is 39.5. The summed E-state index contributed by atoms with van der Waals surface area (Å²) in [6.45, 7) is 0.985. The van der Waals surface area contributed by atoms with E-state index in [0.717, 1.165) is 0 Å². The molecular weight excluding hydrogens is 554 g/mol. The minimum absolute atomic E-state index is 0.0326. The number of fused-ring (bicyclic) bond motifs is 4. The van der Waals surface area contributed by atoms with Crippen LogP contribution in [-0.4, -0.2) is 85.5 Å². The van der Waals surface area contributed by atoms with Crippen molar-refractivity contribution >= 4 is 27.8 Å². The number of aliphatic carboxylic acids is 1. The minimum atomic E-state index is -3.70. The number of nitrogens with one attached hydrogen (secondary N) is 2. The van der Waals surface area contributed by atoms with E-state index in [4.69, 9.17) is 14.2 Å². The molecule has 0 radical (unpaired) electrons. The monoisotopic (exact) mass is 587 g/mol. The van der Waals surface area contributed by atoms with E-state index in [9.17, 15) is 27.9 Å². The Morgan fingerprint density at radius 2 is 1.59 bits per heavy atom. The first-order chi connectivity index (χ1) is 19.7. The second kappa shape index (κ2) is 12.6. The highest BCUT2D eigenvalue weighted by Gasteiger charge is 2.40. The van der Waals surface area contributed by atoms with Crippen molar-refractivity contribution in [3.63, 3.8) is 0 Å². The van der Waals surface area contributed by atoms with Gasteiger partial charge in [-0.15, -0.1) is 0 Å². The maximum Gasteiger partial charge on any atom is 0.326 e. The van der Waals surface area contributed by atoms with Crippen LogP contribution < -0.4 is 15.4 Å². The molecule has 3 aliphatic rings. The van der Waals surface area contributed by atoms with Crippen LogP contribution in [0, 0.1) is 0 Å². The van der Waals surface area contributed by atoms with E-state index < -0.39 is 52.2 Å². The van der Waals surface area contributed by atoms with Gasteiger partial charge < -0.3 is 30.0 Å². The summed E-state index contributed by atoms with van der Waals surface area (Å²) in [6.07, 6.45) is 0.168. The van der Waals surface area contributed by atoms with Crippen LogP contribution in [0.4, 0.5) is 0 Å². The van der Waals surface area contributed by atoms with Crippen molar-refractivity contribution in [2.45, 2.75) is 56.5 Å². The molecule has 13 heteroatoms. The number of benzene rings is 2. The molecule has 3 heterocycles. The largest absolute Gasteiger partial charge is 0.480 e. The standard InChI is InChI=1S/C28H33N3O9S/c32-26-22(17-25-38-10-4-11-39-25)29-27(33)24(31-9-3-12-41(31,36)37)16-19-6-2-8-21(14-19)40-20-7-1-5-18(13-20)15-23(30-26)28(34)35/h1-2,5-8,13-14,22-25H,3-4,9-12,15-17H2,(H,29,33)(H,30,32)(H,34,35)/t22-,23?,24?/m0/s1. The predicted octanol–water partition coefficient (Wildman–Crippen LogP) is 1.19. The topological polar surface area (TPSA) is 161 Å². The number of hydrogen-bond acceptors (Lipinski definition) is 8. The third kappa shape index (κ3) is 7.22. The summed E-state index contributed by atoms with van der Waals surface area (Å²) >= 11 is 0. The predicted molar refractivity (Wildman–Crippen MR) is 146 cm³/mol. The van der Waals surface area contributed by atoms with Crippen LogP contribution >= 0.6 is 0 Å². The highest BCUT2D eigenvalue weighted by atomic mass is 32.2. The van der Waals surface area contributed by atoms with E-state index in [1.165, 1.54) is 4.31 Å². The molecule has 3 aliphatic heterocycles. The molecule has 0 aliphatic carbocycles. The van der Waals surface area contributed by atoms with E-state index in [2.05, 4.69) is 10.6 Å². The summed E-state index contributed by atoms with van der Waals surface area (Å²) in [6, 6.07) is 10.2. The molecule has 3 atom stereocenters. The number of carbonyl (C=O) groups excluding carboxylic acids is 2. The second-order valence-corrected chi connectivity index (χ2v) is 12.4. The number of nitrogens with zero attached hydrogens (tertiary/aromatic N) is 1. The Balaban J connectivity index is 1.53. The van der Waals surface area contributed by atoms with Gasteiger partial charge >= 0.3 is 5.97 Å². The average molecular weight is 588 g/mol. The molecule has 5 rings (SSSR count). The summed E-state index contributed by atoms with van der Waals surface area (Å²) in [5.74, 6) is -1.82. The molecule has 2 saturated heterocycles. The second-order valence-electron chi connectivity index (χ2n) is 10.3. The van der Waals surface area contributed by atoms with Gasteiger partial charge in [0.2, 0.25) is 21.8 Å². The molecule has 220 valence electrons. The first-order valence-electron chi connectivity index (χ1n) is 13.6. The van der Waals surface area contributed by atoms with E-state index in [0.29, 0.717) is 48.7 Å². The molecule has 2 unspecified atom stereocenters. The number of sulfonamides is 1. The Bertz CT molecular complexity index is 1390. The molecule has 2 amide bonds. The maximum atomic E-state index is 13.8. The zero-order chi connectivity index (χ0) is 29.0. The Morgan fingerprint density at radius 1 is 0.927 bits per heavy atom. The SMILES string of the molecule is O=C(O)C1Cc2cccc(c2)Oc2cccc(c2)CC(N2CCCS2(=O)=O)C(=O)N[C@@H](CC2OCCCO2)C(=O)N1. The van der Waals surface area contributed by atoms with Crippen LogP contribution in [0.2, 0.25) is 0 Å². The smallest absolute Gasteiger partial charge is 0.326 e. The maximum absolute atomic E-state index is 13.8. The fourth-order valence-corrected chi connectivity index (χ4v) is 6.93. The van der Waals surface area contributed by atoms with Crippen LogP contribution in [-0.2, 0) is 46.7 Å². The molecule has 41 heavy (non-hydrogen) atoms. The van der Waals surface area contributed by atoms with Crippen LogP contribution in [0.1, 0.15) is 30.4 Å². The number of rotatable bonds is 4. The van der Waals surface area contributed by atoms with Crippen molar-refractivity contribution in [1.82, 2.24) is 14.9 Å². The molecule has 2 aromatic rings. The lowest BCUT2D eigenvalue weighted by atomic mass is 10.0. The molecule has 0 aromatic heterocycles. The van der Waals surface area contributed by atoms with Crippen LogP contribution in [0.25, 0.3) is 0 Å². The number of carboxylic acids is 1. The van der Waals surface area contributed by atoms with Crippen molar-refractivity contribution < 1.29 is 42.1 Å². The molecular formula is C28H33N3O9S. The van der Waals surface area contributed by atoms with Gasteiger partial charge in [0.05, 0.1) is 19.0 Å².